The second-order valence-corrected chi connectivity index (χ2v) is 7.48. The molecule has 1 heterocycles. The fraction of sp³-hybridized carbons (Fsp3) is 0.450. The fourth-order valence-electron chi connectivity index (χ4n) is 2.60. The molecule has 1 N–H and O–H groups in total. The zero-order valence-corrected chi connectivity index (χ0v) is 16.3. The van der Waals surface area contributed by atoms with E-state index in [2.05, 4.69) is 5.32 Å². The number of rotatable bonds is 3. The highest BCUT2D eigenvalue weighted by atomic mass is 16.6. The Bertz CT molecular complexity index is 766. The molecule has 1 fully saturated rings. The number of anilines is 1. The minimum absolute atomic E-state index is 0.0298. The maximum atomic E-state index is 12.3. The van der Waals surface area contributed by atoms with Gasteiger partial charge in [-0.2, -0.15) is 5.26 Å². The van der Waals surface area contributed by atoms with Crippen molar-refractivity contribution < 1.29 is 14.3 Å². The maximum Gasteiger partial charge on any atom is 0.410 e. The lowest BCUT2D eigenvalue weighted by molar-refractivity contribution is -0.112. The summed E-state index contributed by atoms with van der Waals surface area (Å²) in [5, 5.41) is 12.1. The molecule has 1 saturated heterocycles. The molecule has 7 nitrogen and oxygen atoms in total. The van der Waals surface area contributed by atoms with Crippen LogP contribution in [0.3, 0.4) is 0 Å². The molecule has 27 heavy (non-hydrogen) atoms. The second-order valence-electron chi connectivity index (χ2n) is 7.48. The van der Waals surface area contributed by atoms with Crippen LogP contribution in [0.15, 0.2) is 36.0 Å². The Kier molecular flexibility index (Phi) is 6.45. The van der Waals surface area contributed by atoms with Crippen molar-refractivity contribution in [3.05, 3.63) is 41.6 Å². The summed E-state index contributed by atoms with van der Waals surface area (Å²) in [6.45, 7) is 9.43. The topological polar surface area (TPSA) is 85.7 Å². The van der Waals surface area contributed by atoms with Crippen molar-refractivity contribution in [2.75, 3.05) is 31.5 Å². The molecule has 0 bridgehead atoms. The molecule has 1 aromatic carbocycles. The van der Waals surface area contributed by atoms with Gasteiger partial charge in [-0.05, 0) is 45.4 Å². The van der Waals surface area contributed by atoms with Gasteiger partial charge >= 0.3 is 6.09 Å². The predicted molar refractivity (Wildman–Crippen MR) is 103 cm³/mol. The molecular formula is C20H26N4O3. The van der Waals surface area contributed by atoms with Gasteiger partial charge in [-0.3, -0.25) is 4.79 Å². The number of nitrogens with zero attached hydrogens (tertiary/aromatic N) is 3. The van der Waals surface area contributed by atoms with Gasteiger partial charge in [0.15, 0.2) is 0 Å². The molecule has 1 aromatic rings. The molecule has 1 aliphatic rings. The van der Waals surface area contributed by atoms with Gasteiger partial charge in [0.25, 0.3) is 5.91 Å². The third-order valence-corrected chi connectivity index (χ3v) is 3.92. The first-order valence-electron chi connectivity index (χ1n) is 8.90. The largest absolute Gasteiger partial charge is 0.444 e. The van der Waals surface area contributed by atoms with Crippen LogP contribution in [0.1, 0.15) is 26.3 Å². The second kappa shape index (κ2) is 8.58. The number of ether oxygens (including phenoxy) is 1. The molecule has 7 heteroatoms. The summed E-state index contributed by atoms with van der Waals surface area (Å²) in [7, 11) is 0. The zero-order chi connectivity index (χ0) is 20.0. The van der Waals surface area contributed by atoms with Crippen molar-refractivity contribution in [2.24, 2.45) is 0 Å². The summed E-state index contributed by atoms with van der Waals surface area (Å²) >= 11 is 0. The van der Waals surface area contributed by atoms with Gasteiger partial charge in [0.2, 0.25) is 0 Å². The molecule has 0 radical (unpaired) electrons. The first kappa shape index (κ1) is 20.3. The molecule has 2 rings (SSSR count). The third-order valence-electron chi connectivity index (χ3n) is 3.92. The van der Waals surface area contributed by atoms with Crippen molar-refractivity contribution >= 4 is 17.7 Å². The standard InChI is InChI=1S/C20H26N4O3/c1-15-6-5-7-17(12-15)22-18(25)16(13-21)14-23-8-10-24(11-9-23)19(26)27-20(2,3)4/h5-7,12,14H,8-11H2,1-4H3,(H,22,25)/b16-14-. The predicted octanol–water partition coefficient (Wildman–Crippen LogP) is 2.89. The van der Waals surface area contributed by atoms with Gasteiger partial charge in [-0.25, -0.2) is 4.79 Å². The Morgan fingerprint density at radius 3 is 2.44 bits per heavy atom. The van der Waals surface area contributed by atoms with Crippen LogP contribution in [0.5, 0.6) is 0 Å². The van der Waals surface area contributed by atoms with Crippen molar-refractivity contribution in [2.45, 2.75) is 33.3 Å². The molecule has 144 valence electrons. The van der Waals surface area contributed by atoms with Gasteiger partial charge in [0, 0.05) is 38.1 Å². The smallest absolute Gasteiger partial charge is 0.410 e. The van der Waals surface area contributed by atoms with Crippen LogP contribution in [0, 0.1) is 18.3 Å². The average Bonchev–Trinajstić information content (AvgIpc) is 2.58. The number of aryl methyl sites for hydroxylation is 1. The van der Waals surface area contributed by atoms with Crippen LogP contribution < -0.4 is 5.32 Å². The number of nitriles is 1. The van der Waals surface area contributed by atoms with Gasteiger partial charge in [0.05, 0.1) is 0 Å². The Morgan fingerprint density at radius 2 is 1.89 bits per heavy atom. The van der Waals surface area contributed by atoms with Crippen LogP contribution in [0.25, 0.3) is 0 Å². The zero-order valence-electron chi connectivity index (χ0n) is 16.3. The highest BCUT2D eigenvalue weighted by Gasteiger charge is 2.25. The van der Waals surface area contributed by atoms with Gasteiger partial charge in [-0.15, -0.1) is 0 Å². The number of benzene rings is 1. The number of hydrogen-bond acceptors (Lipinski definition) is 5. The van der Waals surface area contributed by atoms with E-state index in [1.807, 2.05) is 56.9 Å². The first-order valence-corrected chi connectivity index (χ1v) is 8.90. The number of carbonyl (C=O) groups excluding carboxylic acids is 2. The molecule has 0 atom stereocenters. The lowest BCUT2D eigenvalue weighted by Crippen LogP contribution is -2.48. The van der Waals surface area contributed by atoms with Crippen LogP contribution in [-0.2, 0) is 9.53 Å². The molecule has 0 aliphatic carbocycles. The Hall–Kier alpha value is -3.01. The summed E-state index contributed by atoms with van der Waals surface area (Å²) in [4.78, 5) is 27.9. The van der Waals surface area contributed by atoms with E-state index < -0.39 is 11.5 Å². The highest BCUT2D eigenvalue weighted by Crippen LogP contribution is 2.14. The molecule has 0 saturated carbocycles. The van der Waals surface area contributed by atoms with E-state index in [4.69, 9.17) is 4.74 Å². The van der Waals surface area contributed by atoms with E-state index in [1.165, 1.54) is 0 Å². The molecular weight excluding hydrogens is 344 g/mol. The SMILES string of the molecule is Cc1cccc(NC(=O)/C(C#N)=C\N2CCN(C(=O)OC(C)(C)C)CC2)c1. The van der Waals surface area contributed by atoms with Gasteiger partial charge in [0.1, 0.15) is 17.2 Å². The monoisotopic (exact) mass is 370 g/mol. The van der Waals surface area contributed by atoms with Crippen molar-refractivity contribution in [1.29, 1.82) is 5.26 Å². The molecule has 0 spiro atoms. The van der Waals surface area contributed by atoms with Crippen LogP contribution >= 0.6 is 0 Å². The molecule has 1 aliphatic heterocycles. The van der Waals surface area contributed by atoms with Gasteiger partial charge < -0.3 is 19.9 Å². The minimum Gasteiger partial charge on any atom is -0.444 e. The lowest BCUT2D eigenvalue weighted by Gasteiger charge is -2.35. The first-order chi connectivity index (χ1) is 12.7. The van der Waals surface area contributed by atoms with Crippen LogP contribution in [0.4, 0.5) is 10.5 Å². The summed E-state index contributed by atoms with van der Waals surface area (Å²) < 4.78 is 5.37. The van der Waals surface area contributed by atoms with E-state index in [0.29, 0.717) is 31.9 Å². The molecule has 2 amide bonds. The van der Waals surface area contributed by atoms with Crippen LogP contribution in [-0.4, -0.2) is 53.6 Å². The lowest BCUT2D eigenvalue weighted by atomic mass is 10.2. The van der Waals surface area contributed by atoms with Crippen LogP contribution in [0.2, 0.25) is 0 Å². The van der Waals surface area contributed by atoms with E-state index in [9.17, 15) is 14.9 Å². The quantitative estimate of drug-likeness (QED) is 0.653. The van der Waals surface area contributed by atoms with Crippen molar-refractivity contribution in [1.82, 2.24) is 9.80 Å². The van der Waals surface area contributed by atoms with E-state index in [1.54, 1.807) is 17.2 Å². The summed E-state index contributed by atoms with van der Waals surface area (Å²) in [5.41, 5.74) is 1.17. The Balaban J connectivity index is 1.94. The van der Waals surface area contributed by atoms with Crippen molar-refractivity contribution in [3.8, 4) is 6.07 Å². The summed E-state index contributed by atoms with van der Waals surface area (Å²) in [6, 6.07) is 9.34. The average molecular weight is 370 g/mol. The third kappa shape index (κ3) is 6.33. The summed E-state index contributed by atoms with van der Waals surface area (Å²) in [6.07, 6.45) is 1.21. The number of hydrogen-bond donors (Lipinski definition) is 1. The molecule has 0 aromatic heterocycles. The van der Waals surface area contributed by atoms with E-state index >= 15 is 0 Å². The number of amides is 2. The maximum absolute atomic E-state index is 12.3. The highest BCUT2D eigenvalue weighted by molar-refractivity contribution is 6.06. The number of nitrogens with one attached hydrogen (secondary N) is 1. The van der Waals surface area contributed by atoms with E-state index in [-0.39, 0.29) is 11.7 Å². The fourth-order valence-corrected chi connectivity index (χ4v) is 2.60. The number of carbonyl (C=O) groups is 2. The van der Waals surface area contributed by atoms with E-state index in [0.717, 1.165) is 5.56 Å². The normalized spacial score (nSPS) is 15.1. The Morgan fingerprint density at radius 1 is 1.22 bits per heavy atom. The molecule has 0 unspecified atom stereocenters. The number of piperazine rings is 1. The van der Waals surface area contributed by atoms with Gasteiger partial charge in [-0.1, -0.05) is 12.1 Å². The summed E-state index contributed by atoms with van der Waals surface area (Å²) in [5.74, 6) is -0.447. The Labute approximate surface area is 160 Å². The van der Waals surface area contributed by atoms with Crippen molar-refractivity contribution in [3.63, 3.8) is 0 Å². The minimum atomic E-state index is -0.532.